The molecule has 3 rings (SSSR count). The maximum absolute atomic E-state index is 15.1. The summed E-state index contributed by atoms with van der Waals surface area (Å²) >= 11 is 0. The number of piperazine rings is 1. The molecule has 1 saturated heterocycles. The van der Waals surface area contributed by atoms with Crippen molar-refractivity contribution in [2.75, 3.05) is 18.1 Å². The highest BCUT2D eigenvalue weighted by atomic mass is 28.4. The van der Waals surface area contributed by atoms with Crippen LogP contribution in [0.4, 0.5) is 14.5 Å². The minimum Gasteiger partial charge on any atom is -0.455 e. The Labute approximate surface area is 206 Å². The van der Waals surface area contributed by atoms with Gasteiger partial charge >= 0.3 is 0 Å². The monoisotopic (exact) mass is 496 g/mol. The van der Waals surface area contributed by atoms with Crippen LogP contribution in [0.25, 0.3) is 0 Å². The SMILES string of the molecule is CC(C)[Si](OCC(F)Oc1ccc(N2CC(C)(C)N[C@@H]3CCCC[C@@H]32)cc1F)(C(C)C)C(C)C. The molecule has 2 aliphatic rings. The molecule has 7 heteroatoms. The lowest BCUT2D eigenvalue weighted by molar-refractivity contribution is 0.0139. The Hall–Kier alpha value is -1.18. The van der Waals surface area contributed by atoms with E-state index in [0.29, 0.717) is 28.7 Å². The molecule has 0 spiro atoms. The summed E-state index contributed by atoms with van der Waals surface area (Å²) in [4.78, 5) is 2.33. The Bertz CT molecular complexity index is 796. The zero-order chi connectivity index (χ0) is 25.3. The van der Waals surface area contributed by atoms with Crippen molar-refractivity contribution >= 4 is 14.0 Å². The van der Waals surface area contributed by atoms with Crippen LogP contribution in [-0.4, -0.2) is 45.4 Å². The second-order valence-electron chi connectivity index (χ2n) is 11.9. The molecule has 2 fully saturated rings. The van der Waals surface area contributed by atoms with E-state index in [0.717, 1.165) is 25.1 Å². The number of hydrogen-bond donors (Lipinski definition) is 1. The number of anilines is 1. The number of alkyl halides is 1. The Kier molecular flexibility index (Phi) is 8.73. The first-order chi connectivity index (χ1) is 15.9. The van der Waals surface area contributed by atoms with Crippen LogP contribution in [0.1, 0.15) is 81.1 Å². The number of nitrogens with zero attached hydrogens (tertiary/aromatic N) is 1. The average Bonchev–Trinajstić information content (AvgIpc) is 2.73. The van der Waals surface area contributed by atoms with Gasteiger partial charge in [-0.1, -0.05) is 54.4 Å². The molecule has 194 valence electrons. The van der Waals surface area contributed by atoms with Crippen molar-refractivity contribution in [1.29, 1.82) is 0 Å². The first-order valence-corrected chi connectivity index (χ1v) is 15.3. The van der Waals surface area contributed by atoms with Gasteiger partial charge in [-0.15, -0.1) is 0 Å². The maximum atomic E-state index is 15.1. The highest BCUT2D eigenvalue weighted by molar-refractivity contribution is 6.77. The van der Waals surface area contributed by atoms with Gasteiger partial charge in [-0.2, -0.15) is 4.39 Å². The van der Waals surface area contributed by atoms with E-state index in [9.17, 15) is 4.39 Å². The zero-order valence-electron chi connectivity index (χ0n) is 22.5. The first kappa shape index (κ1) is 27.4. The van der Waals surface area contributed by atoms with E-state index in [-0.39, 0.29) is 17.9 Å². The van der Waals surface area contributed by atoms with Crippen LogP contribution in [-0.2, 0) is 4.43 Å². The molecular weight excluding hydrogens is 450 g/mol. The number of benzene rings is 1. The summed E-state index contributed by atoms with van der Waals surface area (Å²) in [5.74, 6) is -0.579. The maximum Gasteiger partial charge on any atom is 0.260 e. The van der Waals surface area contributed by atoms with Crippen molar-refractivity contribution in [2.45, 2.75) is 122 Å². The third-order valence-electron chi connectivity index (χ3n) is 7.95. The van der Waals surface area contributed by atoms with Gasteiger partial charge in [-0.3, -0.25) is 0 Å². The summed E-state index contributed by atoms with van der Waals surface area (Å²) in [5, 5.41) is 3.78. The molecule has 1 aliphatic heterocycles. The quantitative estimate of drug-likeness (QED) is 0.367. The van der Waals surface area contributed by atoms with Gasteiger partial charge in [0, 0.05) is 35.9 Å². The Morgan fingerprint density at radius 2 is 1.68 bits per heavy atom. The fraction of sp³-hybridized carbons (Fsp3) is 0.778. The van der Waals surface area contributed by atoms with Crippen LogP contribution in [0.2, 0.25) is 16.6 Å². The molecular formula is C27H46F2N2O2Si. The standard InChI is InChI=1S/C27H46F2N2O2Si/c1-18(2)34(19(3)4,20(5)6)32-16-26(29)33-25-14-13-21(15-22(25)28)31-17-27(7,8)30-23-11-9-10-12-24(23)31/h13-15,18-20,23-24,26,30H,9-12,16-17H2,1-8H3/t23-,24+,26?/m1/s1. The van der Waals surface area contributed by atoms with Gasteiger partial charge in [-0.25, -0.2) is 4.39 Å². The third kappa shape index (κ3) is 5.79. The minimum atomic E-state index is -2.21. The smallest absolute Gasteiger partial charge is 0.260 e. The van der Waals surface area contributed by atoms with Crippen molar-refractivity contribution in [3.8, 4) is 5.75 Å². The lowest BCUT2D eigenvalue weighted by Gasteiger charge is -2.52. The molecule has 0 aromatic heterocycles. The van der Waals surface area contributed by atoms with E-state index >= 15 is 4.39 Å². The highest BCUT2D eigenvalue weighted by Crippen LogP contribution is 2.42. The normalized spacial score (nSPS) is 24.0. The molecule has 1 aliphatic carbocycles. The summed E-state index contributed by atoms with van der Waals surface area (Å²) in [6, 6.07) is 5.72. The Morgan fingerprint density at radius 3 is 2.26 bits per heavy atom. The van der Waals surface area contributed by atoms with Crippen LogP contribution in [0.3, 0.4) is 0 Å². The highest BCUT2D eigenvalue weighted by Gasteiger charge is 2.45. The molecule has 1 aromatic rings. The van der Waals surface area contributed by atoms with Gasteiger partial charge in [0.1, 0.15) is 6.61 Å². The summed E-state index contributed by atoms with van der Waals surface area (Å²) in [6.45, 7) is 18.0. The van der Waals surface area contributed by atoms with E-state index in [1.165, 1.54) is 18.9 Å². The average molecular weight is 497 g/mol. The van der Waals surface area contributed by atoms with Crippen LogP contribution in [0.15, 0.2) is 18.2 Å². The molecule has 1 unspecified atom stereocenters. The number of nitrogens with one attached hydrogen (secondary N) is 1. The number of hydrogen-bond acceptors (Lipinski definition) is 4. The molecule has 1 aromatic carbocycles. The van der Waals surface area contributed by atoms with Crippen molar-refractivity contribution < 1.29 is 17.9 Å². The molecule has 34 heavy (non-hydrogen) atoms. The van der Waals surface area contributed by atoms with Crippen molar-refractivity contribution in [1.82, 2.24) is 5.32 Å². The number of halogens is 2. The third-order valence-corrected chi connectivity index (χ3v) is 14.0. The molecule has 1 saturated carbocycles. The fourth-order valence-corrected chi connectivity index (χ4v) is 12.1. The largest absolute Gasteiger partial charge is 0.455 e. The molecule has 0 radical (unpaired) electrons. The van der Waals surface area contributed by atoms with Gasteiger partial charge in [0.2, 0.25) is 8.32 Å². The van der Waals surface area contributed by atoms with E-state index in [4.69, 9.17) is 9.16 Å². The van der Waals surface area contributed by atoms with Crippen LogP contribution in [0, 0.1) is 5.82 Å². The van der Waals surface area contributed by atoms with Crippen molar-refractivity contribution in [2.24, 2.45) is 0 Å². The van der Waals surface area contributed by atoms with Gasteiger partial charge in [0.25, 0.3) is 6.36 Å². The minimum absolute atomic E-state index is 0.0504. The molecule has 1 heterocycles. The van der Waals surface area contributed by atoms with Gasteiger partial charge in [-0.05, 0) is 55.4 Å². The van der Waals surface area contributed by atoms with Gasteiger partial charge in [0.05, 0.1) is 0 Å². The summed E-state index contributed by atoms with van der Waals surface area (Å²) in [6.07, 6.45) is 2.97. The second kappa shape index (κ2) is 10.8. The molecule has 0 bridgehead atoms. The van der Waals surface area contributed by atoms with Gasteiger partial charge in [0.15, 0.2) is 11.6 Å². The van der Waals surface area contributed by atoms with Crippen molar-refractivity contribution in [3.05, 3.63) is 24.0 Å². The number of fused-ring (bicyclic) bond motifs is 1. The Morgan fingerprint density at radius 1 is 1.06 bits per heavy atom. The second-order valence-corrected chi connectivity index (χ2v) is 17.3. The predicted octanol–water partition coefficient (Wildman–Crippen LogP) is 7.19. The first-order valence-electron chi connectivity index (χ1n) is 13.2. The zero-order valence-corrected chi connectivity index (χ0v) is 23.5. The predicted molar refractivity (Wildman–Crippen MR) is 140 cm³/mol. The molecule has 1 N–H and O–H groups in total. The van der Waals surface area contributed by atoms with Crippen molar-refractivity contribution in [3.63, 3.8) is 0 Å². The van der Waals surface area contributed by atoms with E-state index in [2.05, 4.69) is 65.6 Å². The molecule has 3 atom stereocenters. The topological polar surface area (TPSA) is 33.7 Å². The van der Waals surface area contributed by atoms with E-state index in [1.54, 1.807) is 6.07 Å². The summed E-state index contributed by atoms with van der Waals surface area (Å²) in [7, 11) is -2.21. The van der Waals surface area contributed by atoms with Crippen LogP contribution in [0.5, 0.6) is 5.75 Å². The van der Waals surface area contributed by atoms with E-state index in [1.807, 2.05) is 6.07 Å². The molecule has 4 nitrogen and oxygen atoms in total. The van der Waals surface area contributed by atoms with Crippen LogP contribution < -0.4 is 15.0 Å². The van der Waals surface area contributed by atoms with Crippen LogP contribution >= 0.6 is 0 Å². The van der Waals surface area contributed by atoms with Gasteiger partial charge < -0.3 is 19.4 Å². The van der Waals surface area contributed by atoms with E-state index < -0.39 is 20.5 Å². The number of rotatable bonds is 9. The lowest BCUT2D eigenvalue weighted by Crippen LogP contribution is -2.67. The summed E-state index contributed by atoms with van der Waals surface area (Å²) in [5.41, 5.74) is 1.84. The summed E-state index contributed by atoms with van der Waals surface area (Å²) < 4.78 is 41.6. The number of ether oxygens (including phenoxy) is 1. The lowest BCUT2D eigenvalue weighted by atomic mass is 9.83. The Balaban J connectivity index is 1.70. The fourth-order valence-electron chi connectivity index (χ4n) is 6.67. The molecule has 0 amide bonds.